The van der Waals surface area contributed by atoms with Gasteiger partial charge in [-0.2, -0.15) is 0 Å². The molecule has 0 heterocycles. The summed E-state index contributed by atoms with van der Waals surface area (Å²) in [5.74, 6) is 0. The molecule has 2 aromatic carbocycles. The molecule has 0 spiro atoms. The highest BCUT2D eigenvalue weighted by molar-refractivity contribution is 8.00. The van der Waals surface area contributed by atoms with Crippen LogP contribution < -0.4 is 0 Å². The molecule has 3 rings (SSSR count). The van der Waals surface area contributed by atoms with Gasteiger partial charge >= 0.3 is 0 Å². The second kappa shape index (κ2) is 8.65. The lowest BCUT2D eigenvalue weighted by Crippen LogP contribution is -2.08. The van der Waals surface area contributed by atoms with Crippen molar-refractivity contribution in [2.24, 2.45) is 0 Å². The van der Waals surface area contributed by atoms with E-state index in [1.165, 1.54) is 21.8 Å². The molecule has 1 atom stereocenters. The highest BCUT2D eigenvalue weighted by Gasteiger charge is 2.30. The zero-order chi connectivity index (χ0) is 15.8. The third kappa shape index (κ3) is 4.14. The van der Waals surface area contributed by atoms with Crippen molar-refractivity contribution >= 4 is 10.9 Å². The minimum atomic E-state index is 0.0639. The highest BCUT2D eigenvalue weighted by atomic mass is 32.2. The number of allylic oxidation sites excluding steroid dienone is 4. The van der Waals surface area contributed by atoms with Gasteiger partial charge in [0.2, 0.25) is 0 Å². The first-order chi connectivity index (χ1) is 10.8. The van der Waals surface area contributed by atoms with Crippen molar-refractivity contribution in [1.29, 1.82) is 0 Å². The predicted molar refractivity (Wildman–Crippen MR) is 99.3 cm³/mol. The number of aryl methyl sites for hydroxylation is 1. The SMILES string of the molecule is CC.Cc1ccc([S+](C2=CC=CCC2)c2ccccc2)cc1. The Kier molecular flexibility index (Phi) is 6.54. The van der Waals surface area contributed by atoms with Crippen molar-refractivity contribution < 1.29 is 0 Å². The van der Waals surface area contributed by atoms with Crippen LogP contribution in [0, 0.1) is 6.92 Å². The molecule has 0 bridgehead atoms. The maximum absolute atomic E-state index is 2.31. The Hall–Kier alpha value is -1.73. The van der Waals surface area contributed by atoms with E-state index in [9.17, 15) is 0 Å². The number of rotatable bonds is 3. The van der Waals surface area contributed by atoms with Crippen LogP contribution in [0.1, 0.15) is 32.3 Å². The maximum atomic E-state index is 2.31. The van der Waals surface area contributed by atoms with E-state index in [4.69, 9.17) is 0 Å². The fourth-order valence-electron chi connectivity index (χ4n) is 2.42. The molecule has 1 unspecified atom stereocenters. The quantitative estimate of drug-likeness (QED) is 0.584. The first-order valence-electron chi connectivity index (χ1n) is 8.06. The van der Waals surface area contributed by atoms with Crippen LogP contribution >= 0.6 is 0 Å². The Balaban J connectivity index is 0.000000847. The summed E-state index contributed by atoms with van der Waals surface area (Å²) in [5, 5.41) is 0. The monoisotopic (exact) mass is 309 g/mol. The zero-order valence-corrected chi connectivity index (χ0v) is 14.6. The first-order valence-corrected chi connectivity index (χ1v) is 9.29. The summed E-state index contributed by atoms with van der Waals surface area (Å²) in [6.07, 6.45) is 9.09. The number of benzene rings is 2. The Morgan fingerprint density at radius 1 is 0.818 bits per heavy atom. The normalized spacial score (nSPS) is 14.6. The van der Waals surface area contributed by atoms with Crippen molar-refractivity contribution in [3.8, 4) is 0 Å². The largest absolute Gasteiger partial charge is 0.166 e. The minimum Gasteiger partial charge on any atom is -0.0839 e. The molecule has 0 saturated heterocycles. The van der Waals surface area contributed by atoms with Crippen LogP contribution in [0.5, 0.6) is 0 Å². The van der Waals surface area contributed by atoms with E-state index in [2.05, 4.69) is 79.7 Å². The topological polar surface area (TPSA) is 0 Å². The van der Waals surface area contributed by atoms with E-state index < -0.39 is 0 Å². The Labute approximate surface area is 137 Å². The molecule has 0 nitrogen and oxygen atoms in total. The lowest BCUT2D eigenvalue weighted by molar-refractivity contribution is 1.01. The summed E-state index contributed by atoms with van der Waals surface area (Å²) < 4.78 is 0. The molecule has 0 amide bonds. The Morgan fingerprint density at radius 2 is 1.45 bits per heavy atom. The average molecular weight is 309 g/mol. The molecule has 22 heavy (non-hydrogen) atoms. The third-order valence-corrected chi connectivity index (χ3v) is 5.83. The van der Waals surface area contributed by atoms with Gasteiger partial charge in [0, 0.05) is 6.42 Å². The molecule has 114 valence electrons. The van der Waals surface area contributed by atoms with E-state index in [0.29, 0.717) is 0 Å². The van der Waals surface area contributed by atoms with Crippen molar-refractivity contribution in [3.05, 3.63) is 83.3 Å². The van der Waals surface area contributed by atoms with E-state index >= 15 is 0 Å². The molecule has 0 N–H and O–H groups in total. The van der Waals surface area contributed by atoms with E-state index in [0.717, 1.165) is 6.42 Å². The second-order valence-corrected chi connectivity index (χ2v) is 7.11. The molecule has 1 aliphatic rings. The minimum absolute atomic E-state index is 0.0639. The van der Waals surface area contributed by atoms with Gasteiger partial charge in [-0.1, -0.05) is 61.9 Å². The molecule has 0 fully saturated rings. The van der Waals surface area contributed by atoms with Gasteiger partial charge in [-0.3, -0.25) is 0 Å². The zero-order valence-electron chi connectivity index (χ0n) is 13.8. The van der Waals surface area contributed by atoms with Gasteiger partial charge in [0.1, 0.15) is 4.91 Å². The summed E-state index contributed by atoms with van der Waals surface area (Å²) in [4.78, 5) is 4.38. The fourth-order valence-corrected chi connectivity index (χ4v) is 4.67. The molecule has 2 aromatic rings. The Morgan fingerprint density at radius 3 is 2.05 bits per heavy atom. The van der Waals surface area contributed by atoms with Crippen molar-refractivity contribution in [2.45, 2.75) is 43.4 Å². The standard InChI is InChI=1S/C19H19S.C2H6/c1-16-12-14-19(15-13-16)20(17-8-4-2-5-9-17)18-10-6-3-7-11-18;1-2/h2-6,8-10,12-15H,7,11H2,1H3;1-2H3/q+1;. The second-order valence-electron chi connectivity index (χ2n) is 5.03. The fraction of sp³-hybridized carbons (Fsp3) is 0.238. The molecular weight excluding hydrogens is 284 g/mol. The van der Waals surface area contributed by atoms with Gasteiger partial charge in [0.25, 0.3) is 0 Å². The van der Waals surface area contributed by atoms with Crippen molar-refractivity contribution in [1.82, 2.24) is 0 Å². The van der Waals surface area contributed by atoms with Gasteiger partial charge in [0.05, 0.1) is 10.9 Å². The van der Waals surface area contributed by atoms with Crippen LogP contribution in [-0.4, -0.2) is 0 Å². The van der Waals surface area contributed by atoms with E-state index in [1.807, 2.05) is 13.8 Å². The summed E-state index contributed by atoms with van der Waals surface area (Å²) >= 11 is 0. The van der Waals surface area contributed by atoms with Gasteiger partial charge in [-0.05, 0) is 43.7 Å². The molecular formula is C21H25S+. The molecule has 0 aliphatic heterocycles. The summed E-state index contributed by atoms with van der Waals surface area (Å²) in [6, 6.07) is 19.9. The van der Waals surface area contributed by atoms with E-state index in [1.54, 1.807) is 4.91 Å². The van der Waals surface area contributed by atoms with Gasteiger partial charge in [0.15, 0.2) is 9.79 Å². The average Bonchev–Trinajstić information content (AvgIpc) is 2.61. The lowest BCUT2D eigenvalue weighted by Gasteiger charge is -2.12. The van der Waals surface area contributed by atoms with Gasteiger partial charge in [-0.15, -0.1) is 0 Å². The Bertz CT molecular complexity index is 621. The molecule has 0 saturated carbocycles. The smallest absolute Gasteiger partial charge is 0.0839 e. The van der Waals surface area contributed by atoms with Crippen LogP contribution in [0.2, 0.25) is 0 Å². The molecule has 1 aliphatic carbocycles. The number of hydrogen-bond donors (Lipinski definition) is 0. The highest BCUT2D eigenvalue weighted by Crippen LogP contribution is 2.34. The maximum Gasteiger partial charge on any atom is 0.166 e. The van der Waals surface area contributed by atoms with Crippen LogP contribution in [0.25, 0.3) is 0 Å². The van der Waals surface area contributed by atoms with Gasteiger partial charge < -0.3 is 0 Å². The molecule has 0 radical (unpaired) electrons. The number of hydrogen-bond acceptors (Lipinski definition) is 0. The summed E-state index contributed by atoms with van der Waals surface area (Å²) in [7, 11) is 0.0639. The van der Waals surface area contributed by atoms with Crippen molar-refractivity contribution in [2.75, 3.05) is 0 Å². The summed E-state index contributed by atoms with van der Waals surface area (Å²) in [6.45, 7) is 6.15. The lowest BCUT2D eigenvalue weighted by atomic mass is 10.2. The predicted octanol–water partition coefficient (Wildman–Crippen LogP) is 6.29. The first kappa shape index (κ1) is 16.6. The van der Waals surface area contributed by atoms with Crippen LogP contribution in [0.3, 0.4) is 0 Å². The van der Waals surface area contributed by atoms with Crippen molar-refractivity contribution in [3.63, 3.8) is 0 Å². The van der Waals surface area contributed by atoms with E-state index in [-0.39, 0.29) is 10.9 Å². The van der Waals surface area contributed by atoms with Gasteiger partial charge in [-0.25, -0.2) is 0 Å². The third-order valence-electron chi connectivity index (χ3n) is 3.47. The van der Waals surface area contributed by atoms with Crippen LogP contribution in [-0.2, 0) is 10.9 Å². The molecule has 1 heteroatoms. The summed E-state index contributed by atoms with van der Waals surface area (Å²) in [5.41, 5.74) is 1.32. The van der Waals surface area contributed by atoms with Crippen LogP contribution in [0.4, 0.5) is 0 Å². The van der Waals surface area contributed by atoms with Crippen LogP contribution in [0.15, 0.2) is 87.5 Å². The molecule has 0 aromatic heterocycles.